The molecule has 0 saturated carbocycles. The molecule has 0 saturated heterocycles. The summed E-state index contributed by atoms with van der Waals surface area (Å²) in [4.78, 5) is 12.3. The maximum absolute atomic E-state index is 12.3. The molecule has 2 N–H and O–H groups in total. The van der Waals surface area contributed by atoms with Crippen LogP contribution < -0.4 is 5.32 Å². The molecule has 3 aromatic rings. The number of aromatic amines is 1. The van der Waals surface area contributed by atoms with Gasteiger partial charge in [0.1, 0.15) is 6.07 Å². The third-order valence-electron chi connectivity index (χ3n) is 2.98. The summed E-state index contributed by atoms with van der Waals surface area (Å²) in [7, 11) is 0. The highest BCUT2D eigenvalue weighted by atomic mass is 16.1. The Morgan fingerprint density at radius 2 is 1.90 bits per heavy atom. The van der Waals surface area contributed by atoms with Crippen LogP contribution in [0.2, 0.25) is 0 Å². The number of H-pyrrole nitrogens is 1. The van der Waals surface area contributed by atoms with Crippen LogP contribution in [0.15, 0.2) is 48.5 Å². The lowest BCUT2D eigenvalue weighted by molar-refractivity contribution is 0.102. The number of benzene rings is 2. The van der Waals surface area contributed by atoms with Gasteiger partial charge in [0.2, 0.25) is 0 Å². The van der Waals surface area contributed by atoms with Crippen molar-refractivity contribution in [3.05, 3.63) is 59.8 Å². The van der Waals surface area contributed by atoms with Crippen LogP contribution in [-0.2, 0) is 0 Å². The molecule has 0 bridgehead atoms. The molecule has 0 aliphatic rings. The van der Waals surface area contributed by atoms with Gasteiger partial charge >= 0.3 is 0 Å². The number of rotatable bonds is 2. The van der Waals surface area contributed by atoms with E-state index < -0.39 is 0 Å². The summed E-state index contributed by atoms with van der Waals surface area (Å²) < 4.78 is 0. The van der Waals surface area contributed by atoms with E-state index in [0.717, 1.165) is 10.9 Å². The Balaban J connectivity index is 1.96. The molecule has 1 amide bonds. The van der Waals surface area contributed by atoms with Crippen molar-refractivity contribution >= 4 is 22.5 Å². The zero-order valence-corrected chi connectivity index (χ0v) is 10.4. The molecule has 20 heavy (non-hydrogen) atoms. The second-order valence-corrected chi connectivity index (χ2v) is 4.23. The normalized spacial score (nSPS) is 10.2. The number of amides is 1. The Morgan fingerprint density at radius 1 is 1.15 bits per heavy atom. The topological polar surface area (TPSA) is 81.6 Å². The highest BCUT2D eigenvalue weighted by Gasteiger charge is 2.14. The number of nitrogens with zero attached hydrogens (tertiary/aromatic N) is 2. The van der Waals surface area contributed by atoms with E-state index in [-0.39, 0.29) is 5.91 Å². The number of nitriles is 1. The number of carbonyl (C=O) groups excluding carboxylic acids is 1. The van der Waals surface area contributed by atoms with Crippen LogP contribution in [0, 0.1) is 11.3 Å². The van der Waals surface area contributed by atoms with Crippen molar-refractivity contribution in [3.63, 3.8) is 0 Å². The van der Waals surface area contributed by atoms with Crippen LogP contribution in [0.25, 0.3) is 10.9 Å². The zero-order chi connectivity index (χ0) is 13.9. The molecule has 0 unspecified atom stereocenters. The Labute approximate surface area is 114 Å². The molecule has 0 spiro atoms. The van der Waals surface area contributed by atoms with Crippen molar-refractivity contribution in [1.82, 2.24) is 10.2 Å². The minimum absolute atomic E-state index is 0.313. The number of fused-ring (bicyclic) bond motifs is 1. The molecule has 5 nitrogen and oxygen atoms in total. The zero-order valence-electron chi connectivity index (χ0n) is 10.4. The third-order valence-corrected chi connectivity index (χ3v) is 2.98. The number of aromatic nitrogens is 2. The molecule has 1 heterocycles. The van der Waals surface area contributed by atoms with Crippen LogP contribution in [0.1, 0.15) is 16.1 Å². The van der Waals surface area contributed by atoms with E-state index in [9.17, 15) is 4.79 Å². The number of anilines is 1. The van der Waals surface area contributed by atoms with Gasteiger partial charge in [0.15, 0.2) is 5.69 Å². The molecule has 3 rings (SSSR count). The number of hydrogen-bond acceptors (Lipinski definition) is 3. The van der Waals surface area contributed by atoms with Crippen molar-refractivity contribution in [2.24, 2.45) is 0 Å². The first-order valence-corrected chi connectivity index (χ1v) is 6.03. The molecule has 5 heteroatoms. The predicted octanol–water partition coefficient (Wildman–Crippen LogP) is 2.69. The van der Waals surface area contributed by atoms with Crippen LogP contribution in [0.3, 0.4) is 0 Å². The average Bonchev–Trinajstić information content (AvgIpc) is 2.92. The lowest BCUT2D eigenvalue weighted by atomic mass is 10.1. The Kier molecular flexibility index (Phi) is 2.90. The second kappa shape index (κ2) is 4.86. The molecule has 0 aliphatic heterocycles. The lowest BCUT2D eigenvalue weighted by Gasteiger charge is -2.04. The van der Waals surface area contributed by atoms with E-state index in [4.69, 9.17) is 5.26 Å². The molecule has 1 aromatic heterocycles. The quantitative estimate of drug-likeness (QED) is 0.745. The van der Waals surface area contributed by atoms with Gasteiger partial charge in [-0.05, 0) is 18.2 Å². The van der Waals surface area contributed by atoms with E-state index in [1.165, 1.54) is 0 Å². The van der Waals surface area contributed by atoms with Gasteiger partial charge in [-0.2, -0.15) is 10.4 Å². The van der Waals surface area contributed by atoms with Crippen molar-refractivity contribution < 1.29 is 4.79 Å². The average molecular weight is 262 g/mol. The molecule has 0 aliphatic carbocycles. The predicted molar refractivity (Wildman–Crippen MR) is 75.2 cm³/mol. The first kappa shape index (κ1) is 11.9. The largest absolute Gasteiger partial charge is 0.319 e. The minimum atomic E-state index is -0.342. The second-order valence-electron chi connectivity index (χ2n) is 4.23. The fourth-order valence-corrected chi connectivity index (χ4v) is 2.01. The Morgan fingerprint density at radius 3 is 2.75 bits per heavy atom. The number of carbonyl (C=O) groups is 1. The van der Waals surface area contributed by atoms with E-state index >= 15 is 0 Å². The van der Waals surface area contributed by atoms with Gasteiger partial charge in [0, 0.05) is 5.39 Å². The fraction of sp³-hybridized carbons (Fsp3) is 0. The van der Waals surface area contributed by atoms with Crippen LogP contribution in [0.4, 0.5) is 5.69 Å². The van der Waals surface area contributed by atoms with E-state index in [1.807, 2.05) is 30.3 Å². The molecule has 0 atom stereocenters. The summed E-state index contributed by atoms with van der Waals surface area (Å²) >= 11 is 0. The van der Waals surface area contributed by atoms with Gasteiger partial charge in [-0.1, -0.05) is 30.3 Å². The van der Waals surface area contributed by atoms with Crippen molar-refractivity contribution in [2.45, 2.75) is 0 Å². The summed E-state index contributed by atoms with van der Waals surface area (Å²) in [5, 5.41) is 19.3. The fourth-order valence-electron chi connectivity index (χ4n) is 2.01. The highest BCUT2D eigenvalue weighted by molar-refractivity contribution is 6.11. The molecule has 0 fully saturated rings. The Bertz CT molecular complexity index is 829. The van der Waals surface area contributed by atoms with E-state index in [2.05, 4.69) is 15.5 Å². The van der Waals surface area contributed by atoms with E-state index in [0.29, 0.717) is 16.9 Å². The lowest BCUT2D eigenvalue weighted by Crippen LogP contribution is -2.13. The van der Waals surface area contributed by atoms with Gasteiger partial charge in [-0.25, -0.2) is 0 Å². The maximum Gasteiger partial charge on any atom is 0.276 e. The van der Waals surface area contributed by atoms with Crippen LogP contribution in [0.5, 0.6) is 0 Å². The summed E-state index contributed by atoms with van der Waals surface area (Å²) in [6.45, 7) is 0. The molecule has 96 valence electrons. The van der Waals surface area contributed by atoms with Crippen LogP contribution in [-0.4, -0.2) is 16.1 Å². The molecule has 2 aromatic carbocycles. The van der Waals surface area contributed by atoms with Gasteiger partial charge < -0.3 is 5.32 Å². The van der Waals surface area contributed by atoms with Gasteiger partial charge in [0.05, 0.1) is 16.8 Å². The summed E-state index contributed by atoms with van der Waals surface area (Å²) in [5.74, 6) is -0.342. The summed E-state index contributed by atoms with van der Waals surface area (Å²) in [6.07, 6.45) is 0. The highest BCUT2D eigenvalue weighted by Crippen LogP contribution is 2.18. The minimum Gasteiger partial charge on any atom is -0.319 e. The van der Waals surface area contributed by atoms with Gasteiger partial charge in [-0.3, -0.25) is 9.89 Å². The van der Waals surface area contributed by atoms with E-state index in [1.54, 1.807) is 24.3 Å². The Hall–Kier alpha value is -3.13. The molecule has 0 radical (unpaired) electrons. The smallest absolute Gasteiger partial charge is 0.276 e. The first-order chi connectivity index (χ1) is 9.79. The van der Waals surface area contributed by atoms with Crippen molar-refractivity contribution in [1.29, 1.82) is 5.26 Å². The summed E-state index contributed by atoms with van der Waals surface area (Å²) in [5.41, 5.74) is 2.01. The van der Waals surface area contributed by atoms with Crippen LogP contribution >= 0.6 is 0 Å². The van der Waals surface area contributed by atoms with Crippen molar-refractivity contribution in [3.8, 4) is 6.07 Å². The number of nitrogens with one attached hydrogen (secondary N) is 2. The number of hydrogen-bond donors (Lipinski definition) is 2. The third kappa shape index (κ3) is 1.99. The molecular weight excluding hydrogens is 252 g/mol. The van der Waals surface area contributed by atoms with Gasteiger partial charge in [0.25, 0.3) is 5.91 Å². The summed E-state index contributed by atoms with van der Waals surface area (Å²) in [6, 6.07) is 16.3. The first-order valence-electron chi connectivity index (χ1n) is 6.03. The monoisotopic (exact) mass is 262 g/mol. The van der Waals surface area contributed by atoms with Gasteiger partial charge in [-0.15, -0.1) is 0 Å². The SMILES string of the molecule is N#Cc1ccccc1NC(=O)c1n[nH]c2ccccc12. The molecular formula is C15H10N4O. The maximum atomic E-state index is 12.3. The standard InChI is InChI=1S/C15H10N4O/c16-9-10-5-1-3-7-12(10)17-15(20)14-11-6-2-4-8-13(11)18-19-14/h1-8H,(H,17,20)(H,18,19). The number of para-hydroxylation sites is 2. The van der Waals surface area contributed by atoms with Crippen molar-refractivity contribution in [2.75, 3.05) is 5.32 Å².